The van der Waals surface area contributed by atoms with Crippen molar-refractivity contribution in [1.29, 1.82) is 0 Å². The number of amides is 2. The second kappa shape index (κ2) is 8.32. The first-order valence-corrected chi connectivity index (χ1v) is 6.33. The predicted octanol–water partition coefficient (Wildman–Crippen LogP) is 0.520. The highest BCUT2D eigenvalue weighted by atomic mass is 35.5. The third-order valence-electron chi connectivity index (χ3n) is 3.14. The predicted molar refractivity (Wildman–Crippen MR) is 73.5 cm³/mol. The highest BCUT2D eigenvalue weighted by molar-refractivity contribution is 5.87. The molecule has 0 aromatic heterocycles. The third-order valence-corrected chi connectivity index (χ3v) is 3.14. The Morgan fingerprint density at radius 1 is 1.22 bits per heavy atom. The number of nitrogens with two attached hydrogens (primary N) is 1. The minimum atomic E-state index is -0.538. The minimum absolute atomic E-state index is 0. The molecule has 1 saturated heterocycles. The molecule has 0 radical (unpaired) electrons. The molecule has 0 aromatic carbocycles. The van der Waals surface area contributed by atoms with E-state index in [9.17, 15) is 9.59 Å². The Morgan fingerprint density at radius 3 is 2.28 bits per heavy atom. The summed E-state index contributed by atoms with van der Waals surface area (Å²) in [5.74, 6) is -0.167. The van der Waals surface area contributed by atoms with Gasteiger partial charge >= 0.3 is 0 Å². The first-order chi connectivity index (χ1) is 8.02. The van der Waals surface area contributed by atoms with Gasteiger partial charge in [-0.1, -0.05) is 13.8 Å². The molecule has 106 valence electrons. The lowest BCUT2D eigenvalue weighted by molar-refractivity contribution is -0.134. The van der Waals surface area contributed by atoms with Crippen LogP contribution in [0.3, 0.4) is 0 Å². The van der Waals surface area contributed by atoms with E-state index in [-0.39, 0.29) is 36.7 Å². The monoisotopic (exact) mass is 277 g/mol. The largest absolute Gasteiger partial charge is 0.346 e. The summed E-state index contributed by atoms with van der Waals surface area (Å²) < 4.78 is 0. The molecule has 1 unspecified atom stereocenters. The molecule has 0 aromatic rings. The summed E-state index contributed by atoms with van der Waals surface area (Å²) in [5, 5.41) is 2.61. The number of nitrogens with one attached hydrogen (secondary N) is 1. The molecular weight excluding hydrogens is 254 g/mol. The number of piperidine rings is 1. The van der Waals surface area contributed by atoms with Crippen LogP contribution in [-0.4, -0.2) is 42.4 Å². The van der Waals surface area contributed by atoms with E-state index >= 15 is 0 Å². The van der Waals surface area contributed by atoms with Gasteiger partial charge in [0.1, 0.15) is 0 Å². The summed E-state index contributed by atoms with van der Waals surface area (Å²) in [6.07, 6.45) is 3.31. The summed E-state index contributed by atoms with van der Waals surface area (Å²) >= 11 is 0. The zero-order chi connectivity index (χ0) is 12.8. The minimum Gasteiger partial charge on any atom is -0.346 e. The van der Waals surface area contributed by atoms with E-state index in [0.29, 0.717) is 0 Å². The van der Waals surface area contributed by atoms with Crippen molar-refractivity contribution in [2.24, 2.45) is 11.7 Å². The lowest BCUT2D eigenvalue weighted by atomic mass is 10.1. The quantitative estimate of drug-likeness (QED) is 0.787. The van der Waals surface area contributed by atoms with E-state index in [1.807, 2.05) is 18.7 Å². The molecule has 5 nitrogen and oxygen atoms in total. The summed E-state index contributed by atoms with van der Waals surface area (Å²) in [7, 11) is 0. The van der Waals surface area contributed by atoms with Crippen molar-refractivity contribution in [2.45, 2.75) is 39.2 Å². The molecule has 0 spiro atoms. The van der Waals surface area contributed by atoms with Gasteiger partial charge in [-0.05, 0) is 25.2 Å². The molecule has 1 heterocycles. The van der Waals surface area contributed by atoms with Crippen molar-refractivity contribution in [2.75, 3.05) is 19.6 Å². The zero-order valence-corrected chi connectivity index (χ0v) is 12.0. The van der Waals surface area contributed by atoms with Gasteiger partial charge in [-0.2, -0.15) is 0 Å². The molecule has 18 heavy (non-hydrogen) atoms. The van der Waals surface area contributed by atoms with Crippen LogP contribution in [0.5, 0.6) is 0 Å². The molecule has 2 amide bonds. The van der Waals surface area contributed by atoms with Gasteiger partial charge in [0.15, 0.2) is 0 Å². The van der Waals surface area contributed by atoms with E-state index in [2.05, 4.69) is 5.32 Å². The Balaban J connectivity index is 0.00000289. The van der Waals surface area contributed by atoms with Crippen LogP contribution in [-0.2, 0) is 9.59 Å². The molecule has 0 saturated carbocycles. The van der Waals surface area contributed by atoms with Crippen molar-refractivity contribution in [1.82, 2.24) is 10.2 Å². The molecular formula is C12H24ClN3O2. The smallest absolute Gasteiger partial charge is 0.241 e. The van der Waals surface area contributed by atoms with Crippen LogP contribution >= 0.6 is 12.4 Å². The van der Waals surface area contributed by atoms with Gasteiger partial charge in [-0.25, -0.2) is 0 Å². The fraction of sp³-hybridized carbons (Fsp3) is 0.833. The topological polar surface area (TPSA) is 75.4 Å². The standard InChI is InChI=1S/C12H23N3O2.ClH/c1-9(2)11(13)12(17)14-8-10(16)15-6-4-3-5-7-15;/h9,11H,3-8,13H2,1-2H3,(H,14,17);1H. The Bertz CT molecular complexity index is 278. The molecule has 1 atom stereocenters. The van der Waals surface area contributed by atoms with Crippen LogP contribution in [0.25, 0.3) is 0 Å². The highest BCUT2D eigenvalue weighted by Crippen LogP contribution is 2.08. The normalized spacial score (nSPS) is 17.0. The summed E-state index contributed by atoms with van der Waals surface area (Å²) in [5.41, 5.74) is 5.69. The van der Waals surface area contributed by atoms with Gasteiger partial charge in [-0.15, -0.1) is 12.4 Å². The molecule has 0 aliphatic carbocycles. The second-order valence-corrected chi connectivity index (χ2v) is 4.93. The van der Waals surface area contributed by atoms with Gasteiger partial charge in [0, 0.05) is 13.1 Å². The first-order valence-electron chi connectivity index (χ1n) is 6.33. The van der Waals surface area contributed by atoms with Gasteiger partial charge in [0.2, 0.25) is 11.8 Å². The molecule has 1 aliphatic rings. The Morgan fingerprint density at radius 2 is 1.78 bits per heavy atom. The summed E-state index contributed by atoms with van der Waals surface area (Å²) in [4.78, 5) is 25.1. The highest BCUT2D eigenvalue weighted by Gasteiger charge is 2.20. The molecule has 0 bridgehead atoms. The maximum atomic E-state index is 11.8. The second-order valence-electron chi connectivity index (χ2n) is 4.93. The van der Waals surface area contributed by atoms with E-state index in [1.165, 1.54) is 6.42 Å². The zero-order valence-electron chi connectivity index (χ0n) is 11.1. The lowest BCUT2D eigenvalue weighted by Gasteiger charge is -2.27. The number of carbonyl (C=O) groups is 2. The van der Waals surface area contributed by atoms with Crippen molar-refractivity contribution >= 4 is 24.2 Å². The van der Waals surface area contributed by atoms with E-state index in [1.54, 1.807) is 0 Å². The van der Waals surface area contributed by atoms with E-state index in [4.69, 9.17) is 5.73 Å². The molecule has 1 fully saturated rings. The molecule has 1 rings (SSSR count). The average Bonchev–Trinajstić information content (AvgIpc) is 2.35. The first kappa shape index (κ1) is 17.2. The van der Waals surface area contributed by atoms with Gasteiger partial charge in [-0.3, -0.25) is 9.59 Å². The maximum absolute atomic E-state index is 11.8. The van der Waals surface area contributed by atoms with Gasteiger partial charge in [0.05, 0.1) is 12.6 Å². The maximum Gasteiger partial charge on any atom is 0.241 e. The number of likely N-dealkylation sites (tertiary alicyclic amines) is 1. The molecule has 6 heteroatoms. The number of carbonyl (C=O) groups excluding carboxylic acids is 2. The summed E-state index contributed by atoms with van der Waals surface area (Å²) in [6, 6.07) is -0.538. The van der Waals surface area contributed by atoms with Crippen LogP contribution in [0.2, 0.25) is 0 Å². The van der Waals surface area contributed by atoms with Crippen molar-refractivity contribution in [3.63, 3.8) is 0 Å². The van der Waals surface area contributed by atoms with E-state index < -0.39 is 6.04 Å². The fourth-order valence-electron chi connectivity index (χ4n) is 1.84. The third kappa shape index (κ3) is 5.23. The fourth-order valence-corrected chi connectivity index (χ4v) is 1.84. The van der Waals surface area contributed by atoms with Crippen LogP contribution in [0.4, 0.5) is 0 Å². The van der Waals surface area contributed by atoms with Crippen molar-refractivity contribution < 1.29 is 9.59 Å². The number of halogens is 1. The lowest BCUT2D eigenvalue weighted by Crippen LogP contribution is -2.48. The molecule has 1 aliphatic heterocycles. The number of nitrogens with zero attached hydrogens (tertiary/aromatic N) is 1. The SMILES string of the molecule is CC(C)C(N)C(=O)NCC(=O)N1CCCCC1.Cl. The van der Waals surface area contributed by atoms with Crippen LogP contribution in [0.1, 0.15) is 33.1 Å². The van der Waals surface area contributed by atoms with Crippen molar-refractivity contribution in [3.05, 3.63) is 0 Å². The Kier molecular flexibility index (Phi) is 7.95. The van der Waals surface area contributed by atoms with Gasteiger partial charge in [0.25, 0.3) is 0 Å². The van der Waals surface area contributed by atoms with Crippen LogP contribution in [0, 0.1) is 5.92 Å². The average molecular weight is 278 g/mol. The number of hydrogen-bond acceptors (Lipinski definition) is 3. The number of hydrogen-bond donors (Lipinski definition) is 2. The van der Waals surface area contributed by atoms with Crippen molar-refractivity contribution in [3.8, 4) is 0 Å². The molecule has 3 N–H and O–H groups in total. The number of rotatable bonds is 4. The van der Waals surface area contributed by atoms with Gasteiger partial charge < -0.3 is 16.0 Å². The Labute approximate surface area is 115 Å². The van der Waals surface area contributed by atoms with E-state index in [0.717, 1.165) is 25.9 Å². The van der Waals surface area contributed by atoms with Crippen LogP contribution < -0.4 is 11.1 Å². The van der Waals surface area contributed by atoms with Crippen LogP contribution in [0.15, 0.2) is 0 Å². The Hall–Kier alpha value is -0.810. The summed E-state index contributed by atoms with van der Waals surface area (Å²) in [6.45, 7) is 5.46.